The van der Waals surface area contributed by atoms with Crippen LogP contribution >= 0.6 is 22.6 Å². The Bertz CT molecular complexity index is 310. The van der Waals surface area contributed by atoms with Gasteiger partial charge < -0.3 is 5.32 Å². The van der Waals surface area contributed by atoms with Crippen molar-refractivity contribution in [3.63, 3.8) is 0 Å². The smallest absolute Gasteiger partial charge is 0.222 e. The van der Waals surface area contributed by atoms with E-state index in [1.165, 1.54) is 0 Å². The normalized spacial score (nSPS) is 8.77. The SMILES string of the molecule is CC#CCCNc1ncc(I)cn1. The third-order valence-corrected chi connectivity index (χ3v) is 1.89. The lowest BCUT2D eigenvalue weighted by Crippen LogP contribution is -2.04. The van der Waals surface area contributed by atoms with Crippen LogP contribution in [0.4, 0.5) is 5.95 Å². The lowest BCUT2D eigenvalue weighted by atomic mass is 10.4. The molecular weight excluding hydrogens is 277 g/mol. The summed E-state index contributed by atoms with van der Waals surface area (Å²) in [5, 5.41) is 3.08. The molecule has 1 aromatic rings. The highest BCUT2D eigenvalue weighted by molar-refractivity contribution is 14.1. The molecule has 0 bridgehead atoms. The minimum atomic E-state index is 0.665. The maximum Gasteiger partial charge on any atom is 0.222 e. The highest BCUT2D eigenvalue weighted by Crippen LogP contribution is 2.02. The van der Waals surface area contributed by atoms with E-state index in [1.807, 2.05) is 6.92 Å². The van der Waals surface area contributed by atoms with Crippen LogP contribution in [-0.4, -0.2) is 16.5 Å². The second kappa shape index (κ2) is 5.75. The van der Waals surface area contributed by atoms with Crippen LogP contribution in [0.15, 0.2) is 12.4 Å². The average molecular weight is 287 g/mol. The van der Waals surface area contributed by atoms with E-state index in [1.54, 1.807) is 12.4 Å². The molecule has 0 radical (unpaired) electrons. The van der Waals surface area contributed by atoms with Crippen LogP contribution in [0, 0.1) is 15.4 Å². The van der Waals surface area contributed by atoms with E-state index < -0.39 is 0 Å². The Morgan fingerprint density at radius 2 is 2.15 bits per heavy atom. The van der Waals surface area contributed by atoms with E-state index in [-0.39, 0.29) is 0 Å². The number of nitrogens with one attached hydrogen (secondary N) is 1. The number of halogens is 1. The average Bonchev–Trinajstić information content (AvgIpc) is 2.15. The number of hydrogen-bond donors (Lipinski definition) is 1. The Hall–Kier alpha value is -0.830. The summed E-state index contributed by atoms with van der Waals surface area (Å²) in [6.07, 6.45) is 4.38. The third kappa shape index (κ3) is 4.08. The molecule has 0 fully saturated rings. The maximum absolute atomic E-state index is 4.10. The summed E-state index contributed by atoms with van der Waals surface area (Å²) in [5.74, 6) is 6.46. The van der Waals surface area contributed by atoms with Gasteiger partial charge in [-0.25, -0.2) is 9.97 Å². The fourth-order valence-electron chi connectivity index (χ4n) is 0.765. The number of hydrogen-bond acceptors (Lipinski definition) is 3. The van der Waals surface area contributed by atoms with E-state index in [2.05, 4.69) is 49.7 Å². The van der Waals surface area contributed by atoms with Crippen LogP contribution in [0.1, 0.15) is 13.3 Å². The highest BCUT2D eigenvalue weighted by Gasteiger charge is 1.92. The molecule has 0 saturated carbocycles. The van der Waals surface area contributed by atoms with E-state index >= 15 is 0 Å². The molecule has 3 nitrogen and oxygen atoms in total. The first-order valence-corrected chi connectivity index (χ1v) is 5.02. The summed E-state index contributed by atoms with van der Waals surface area (Å²) in [5.41, 5.74) is 0. The quantitative estimate of drug-likeness (QED) is 0.524. The maximum atomic E-state index is 4.10. The van der Waals surface area contributed by atoms with Gasteiger partial charge >= 0.3 is 0 Å². The standard InChI is InChI=1S/C9H10IN3/c1-2-3-4-5-11-9-12-6-8(10)7-13-9/h6-7H,4-5H2,1H3,(H,11,12,13). The van der Waals surface area contributed by atoms with Gasteiger partial charge in [0.25, 0.3) is 0 Å². The molecule has 1 rings (SSSR count). The number of aromatic nitrogens is 2. The van der Waals surface area contributed by atoms with Crippen molar-refractivity contribution < 1.29 is 0 Å². The zero-order valence-corrected chi connectivity index (χ0v) is 9.50. The molecule has 4 heteroatoms. The Morgan fingerprint density at radius 3 is 2.77 bits per heavy atom. The van der Waals surface area contributed by atoms with Gasteiger partial charge in [0.1, 0.15) is 0 Å². The summed E-state index contributed by atoms with van der Waals surface area (Å²) in [6.45, 7) is 2.63. The van der Waals surface area contributed by atoms with Crippen LogP contribution in [0.25, 0.3) is 0 Å². The Labute approximate surface area is 91.5 Å². The topological polar surface area (TPSA) is 37.8 Å². The van der Waals surface area contributed by atoms with Gasteiger partial charge in [-0.3, -0.25) is 0 Å². The van der Waals surface area contributed by atoms with E-state index in [4.69, 9.17) is 0 Å². The monoisotopic (exact) mass is 287 g/mol. The molecule has 0 aromatic carbocycles. The molecule has 1 heterocycles. The molecule has 68 valence electrons. The largest absolute Gasteiger partial charge is 0.353 e. The number of rotatable bonds is 3. The van der Waals surface area contributed by atoms with Crippen LogP contribution < -0.4 is 5.32 Å². The van der Waals surface area contributed by atoms with Crippen molar-refractivity contribution in [3.05, 3.63) is 16.0 Å². The molecule has 0 amide bonds. The van der Waals surface area contributed by atoms with Gasteiger partial charge in [-0.1, -0.05) is 0 Å². The predicted octanol–water partition coefficient (Wildman–Crippen LogP) is 1.91. The summed E-state index contributed by atoms with van der Waals surface area (Å²) in [6, 6.07) is 0. The van der Waals surface area contributed by atoms with Crippen LogP contribution in [0.3, 0.4) is 0 Å². The summed E-state index contributed by atoms with van der Waals surface area (Å²) in [7, 11) is 0. The molecule has 13 heavy (non-hydrogen) atoms. The molecular formula is C9H10IN3. The molecule has 0 unspecified atom stereocenters. The Morgan fingerprint density at radius 1 is 1.46 bits per heavy atom. The zero-order chi connectivity index (χ0) is 9.52. The van der Waals surface area contributed by atoms with Gasteiger partial charge in [0, 0.05) is 28.9 Å². The second-order valence-electron chi connectivity index (χ2n) is 2.33. The van der Waals surface area contributed by atoms with Gasteiger partial charge in [0.2, 0.25) is 5.95 Å². The van der Waals surface area contributed by atoms with Crippen molar-refractivity contribution in [2.75, 3.05) is 11.9 Å². The minimum absolute atomic E-state index is 0.665. The molecule has 1 aromatic heterocycles. The molecule has 0 aliphatic rings. The molecule has 1 N–H and O–H groups in total. The minimum Gasteiger partial charge on any atom is -0.353 e. The molecule has 0 saturated heterocycles. The van der Waals surface area contributed by atoms with Crippen molar-refractivity contribution in [1.29, 1.82) is 0 Å². The van der Waals surface area contributed by atoms with Gasteiger partial charge in [0.05, 0.1) is 0 Å². The first-order chi connectivity index (χ1) is 6.33. The lowest BCUT2D eigenvalue weighted by molar-refractivity contribution is 1.03. The number of nitrogens with zero attached hydrogens (tertiary/aromatic N) is 2. The summed E-state index contributed by atoms with van der Waals surface area (Å²) >= 11 is 2.17. The fraction of sp³-hybridized carbons (Fsp3) is 0.333. The Kier molecular flexibility index (Phi) is 4.54. The first kappa shape index (κ1) is 10.3. The lowest BCUT2D eigenvalue weighted by Gasteiger charge is -2.00. The van der Waals surface area contributed by atoms with E-state index in [0.717, 1.165) is 16.5 Å². The van der Waals surface area contributed by atoms with Crippen molar-refractivity contribution in [2.45, 2.75) is 13.3 Å². The van der Waals surface area contributed by atoms with Crippen LogP contribution in [0.2, 0.25) is 0 Å². The zero-order valence-electron chi connectivity index (χ0n) is 7.34. The van der Waals surface area contributed by atoms with E-state index in [0.29, 0.717) is 5.95 Å². The highest BCUT2D eigenvalue weighted by atomic mass is 127. The Balaban J connectivity index is 2.36. The molecule has 0 atom stereocenters. The van der Waals surface area contributed by atoms with Gasteiger partial charge in [-0.05, 0) is 29.5 Å². The fourth-order valence-corrected chi connectivity index (χ4v) is 1.04. The first-order valence-electron chi connectivity index (χ1n) is 3.94. The molecule has 0 aliphatic carbocycles. The van der Waals surface area contributed by atoms with E-state index in [9.17, 15) is 0 Å². The van der Waals surface area contributed by atoms with Gasteiger partial charge in [-0.2, -0.15) is 0 Å². The van der Waals surface area contributed by atoms with Gasteiger partial charge in [-0.15, -0.1) is 11.8 Å². The second-order valence-corrected chi connectivity index (χ2v) is 3.57. The molecule has 0 spiro atoms. The predicted molar refractivity (Wildman–Crippen MR) is 61.3 cm³/mol. The number of anilines is 1. The summed E-state index contributed by atoms with van der Waals surface area (Å²) < 4.78 is 1.04. The summed E-state index contributed by atoms with van der Waals surface area (Å²) in [4.78, 5) is 8.20. The van der Waals surface area contributed by atoms with Gasteiger partial charge in [0.15, 0.2) is 0 Å². The van der Waals surface area contributed by atoms with Crippen molar-refractivity contribution >= 4 is 28.5 Å². The van der Waals surface area contributed by atoms with Crippen LogP contribution in [0.5, 0.6) is 0 Å². The third-order valence-electron chi connectivity index (χ3n) is 1.33. The molecule has 0 aliphatic heterocycles. The van der Waals surface area contributed by atoms with Crippen molar-refractivity contribution in [3.8, 4) is 11.8 Å². The van der Waals surface area contributed by atoms with Crippen LogP contribution in [-0.2, 0) is 0 Å². The van der Waals surface area contributed by atoms with Crippen molar-refractivity contribution in [1.82, 2.24) is 9.97 Å². The van der Waals surface area contributed by atoms with Crippen molar-refractivity contribution in [2.24, 2.45) is 0 Å².